The van der Waals surface area contributed by atoms with Crippen molar-refractivity contribution in [1.29, 1.82) is 0 Å². The van der Waals surface area contributed by atoms with Crippen molar-refractivity contribution in [2.24, 2.45) is 5.92 Å². The SMILES string of the molecule is Cc1ccc2oc3c(c(=O)c2c1)C1(C(=O)N(Cc2ccc(F)cc2)c2ccccc21)N(c1nnc(CC(C)C)s1)C3=O. The lowest BCUT2D eigenvalue weighted by atomic mass is 9.84. The number of anilines is 2. The van der Waals surface area contributed by atoms with Gasteiger partial charge in [0.15, 0.2) is 11.0 Å². The minimum Gasteiger partial charge on any atom is -0.450 e. The number of benzene rings is 3. The van der Waals surface area contributed by atoms with Gasteiger partial charge in [-0.15, -0.1) is 10.2 Å². The Morgan fingerprint density at radius 1 is 1.00 bits per heavy atom. The number of aryl methyl sites for hydroxylation is 1. The Labute approximate surface area is 244 Å². The van der Waals surface area contributed by atoms with Gasteiger partial charge in [-0.3, -0.25) is 19.3 Å². The molecule has 0 radical (unpaired) electrons. The fraction of sp³-hybridized carbons (Fsp3) is 0.219. The van der Waals surface area contributed by atoms with Gasteiger partial charge < -0.3 is 9.32 Å². The summed E-state index contributed by atoms with van der Waals surface area (Å²) in [4.78, 5) is 46.5. The summed E-state index contributed by atoms with van der Waals surface area (Å²) in [5.74, 6) is -1.42. The number of amides is 2. The van der Waals surface area contributed by atoms with E-state index in [1.54, 1.807) is 54.6 Å². The Balaban J connectivity index is 1.52. The molecular weight excluding hydrogens is 555 g/mol. The van der Waals surface area contributed by atoms with Gasteiger partial charge in [0, 0.05) is 12.0 Å². The van der Waals surface area contributed by atoms with Crippen molar-refractivity contribution in [2.75, 3.05) is 9.80 Å². The molecule has 5 aromatic rings. The second kappa shape index (κ2) is 9.42. The number of hydrogen-bond acceptors (Lipinski definition) is 7. The highest BCUT2D eigenvalue weighted by Crippen LogP contribution is 2.54. The van der Waals surface area contributed by atoms with Gasteiger partial charge in [0.05, 0.1) is 23.2 Å². The van der Waals surface area contributed by atoms with E-state index in [0.717, 1.165) is 5.56 Å². The van der Waals surface area contributed by atoms with Gasteiger partial charge in [-0.2, -0.15) is 0 Å². The monoisotopic (exact) mass is 580 g/mol. The van der Waals surface area contributed by atoms with Crippen LogP contribution in [-0.4, -0.2) is 22.0 Å². The first-order chi connectivity index (χ1) is 20.2. The topological polar surface area (TPSA) is 96.6 Å². The highest BCUT2D eigenvalue weighted by atomic mass is 32.1. The molecule has 0 saturated heterocycles. The van der Waals surface area contributed by atoms with Gasteiger partial charge in [-0.25, -0.2) is 4.39 Å². The molecule has 0 N–H and O–H groups in total. The van der Waals surface area contributed by atoms with E-state index in [1.165, 1.54) is 33.3 Å². The molecule has 2 aromatic heterocycles. The van der Waals surface area contributed by atoms with Gasteiger partial charge in [0.2, 0.25) is 10.9 Å². The first-order valence-corrected chi connectivity index (χ1v) is 14.4. The molecule has 0 saturated carbocycles. The summed E-state index contributed by atoms with van der Waals surface area (Å²) < 4.78 is 19.8. The minimum atomic E-state index is -1.86. The van der Waals surface area contributed by atoms with Gasteiger partial charge in [0.25, 0.3) is 11.8 Å². The van der Waals surface area contributed by atoms with Crippen LogP contribution in [0.15, 0.2) is 75.9 Å². The third kappa shape index (κ3) is 3.68. The Kier molecular flexibility index (Phi) is 5.88. The van der Waals surface area contributed by atoms with Crippen LogP contribution in [0.4, 0.5) is 15.2 Å². The molecule has 0 bridgehead atoms. The smallest absolute Gasteiger partial charge is 0.297 e. The highest BCUT2D eigenvalue weighted by Gasteiger charge is 2.66. The van der Waals surface area contributed by atoms with Crippen molar-refractivity contribution in [3.05, 3.63) is 116 Å². The quantitative estimate of drug-likeness (QED) is 0.263. The average Bonchev–Trinajstić information content (AvgIpc) is 3.59. The molecule has 8 nitrogen and oxygen atoms in total. The van der Waals surface area contributed by atoms with Gasteiger partial charge in [-0.1, -0.05) is 67.1 Å². The van der Waals surface area contributed by atoms with E-state index in [1.807, 2.05) is 6.92 Å². The van der Waals surface area contributed by atoms with Gasteiger partial charge in [0.1, 0.15) is 16.4 Å². The molecule has 7 rings (SSSR count). The number of fused-ring (bicyclic) bond motifs is 5. The van der Waals surface area contributed by atoms with Gasteiger partial charge >= 0.3 is 0 Å². The standard InChI is InChI=1S/C32H25FN4O4S/c1-17(2)14-25-34-35-31(42-25)37-29(39)28-26(27(38)21-15-18(3)8-13-24(21)41-28)32(37)22-6-4-5-7-23(22)36(30(32)40)16-19-9-11-20(33)12-10-19/h4-13,15,17H,14,16H2,1-3H3. The molecule has 0 aliphatic carbocycles. The molecule has 2 amide bonds. The van der Waals surface area contributed by atoms with Crippen LogP contribution in [0.3, 0.4) is 0 Å². The van der Waals surface area contributed by atoms with Crippen LogP contribution in [0.1, 0.15) is 51.7 Å². The number of para-hydroxylation sites is 1. The third-order valence-corrected chi connectivity index (χ3v) is 8.69. The first-order valence-electron chi connectivity index (χ1n) is 13.6. The largest absolute Gasteiger partial charge is 0.450 e. The maximum absolute atomic E-state index is 14.9. The maximum atomic E-state index is 14.9. The van der Waals surface area contributed by atoms with E-state index < -0.39 is 28.6 Å². The summed E-state index contributed by atoms with van der Waals surface area (Å²) in [5.41, 5.74) is 0.421. The lowest BCUT2D eigenvalue weighted by molar-refractivity contribution is -0.121. The van der Waals surface area contributed by atoms with Crippen LogP contribution >= 0.6 is 11.3 Å². The lowest BCUT2D eigenvalue weighted by Crippen LogP contribution is -2.53. The molecule has 10 heteroatoms. The Bertz CT molecular complexity index is 1980. The predicted molar refractivity (Wildman–Crippen MR) is 157 cm³/mol. The van der Waals surface area contributed by atoms with Crippen LogP contribution in [0.25, 0.3) is 11.0 Å². The molecule has 42 heavy (non-hydrogen) atoms. The molecule has 2 aliphatic rings. The number of carbonyl (C=O) groups is 2. The van der Waals surface area contributed by atoms with Crippen molar-refractivity contribution in [2.45, 2.75) is 39.3 Å². The van der Waals surface area contributed by atoms with Crippen LogP contribution in [0.2, 0.25) is 0 Å². The molecule has 1 atom stereocenters. The molecule has 4 heterocycles. The number of aromatic nitrogens is 2. The van der Waals surface area contributed by atoms with Crippen molar-refractivity contribution >= 4 is 44.9 Å². The van der Waals surface area contributed by atoms with Gasteiger partial charge in [-0.05, 0) is 48.7 Å². The zero-order valence-electron chi connectivity index (χ0n) is 23.1. The van der Waals surface area contributed by atoms with Crippen molar-refractivity contribution in [3.63, 3.8) is 0 Å². The van der Waals surface area contributed by atoms with Crippen molar-refractivity contribution < 1.29 is 18.4 Å². The fourth-order valence-corrected chi connectivity index (χ4v) is 7.07. The maximum Gasteiger partial charge on any atom is 0.297 e. The number of halogens is 1. The summed E-state index contributed by atoms with van der Waals surface area (Å²) in [6.07, 6.45) is 0.640. The zero-order valence-corrected chi connectivity index (χ0v) is 23.9. The highest BCUT2D eigenvalue weighted by molar-refractivity contribution is 7.15. The van der Waals surface area contributed by atoms with Crippen LogP contribution in [0, 0.1) is 18.7 Å². The second-order valence-electron chi connectivity index (χ2n) is 11.1. The predicted octanol–water partition coefficient (Wildman–Crippen LogP) is 5.74. The molecule has 1 unspecified atom stereocenters. The first kappa shape index (κ1) is 26.2. The summed E-state index contributed by atoms with van der Waals surface area (Å²) >= 11 is 1.22. The Morgan fingerprint density at radius 3 is 2.52 bits per heavy atom. The molecule has 210 valence electrons. The van der Waals surface area contributed by atoms with E-state index >= 15 is 0 Å². The van der Waals surface area contributed by atoms with E-state index in [-0.39, 0.29) is 34.0 Å². The minimum absolute atomic E-state index is 0.0368. The summed E-state index contributed by atoms with van der Waals surface area (Å²) in [5, 5.41) is 9.88. The van der Waals surface area contributed by atoms with Crippen molar-refractivity contribution in [3.8, 4) is 0 Å². The molecule has 0 fully saturated rings. The number of nitrogens with zero attached hydrogens (tertiary/aromatic N) is 4. The molecule has 1 spiro atoms. The molecular formula is C32H25FN4O4S. The van der Waals surface area contributed by atoms with Crippen LogP contribution in [-0.2, 0) is 23.3 Å². The van der Waals surface area contributed by atoms with E-state index in [0.29, 0.717) is 34.2 Å². The Hall–Kier alpha value is -4.70. The van der Waals surface area contributed by atoms with Crippen LogP contribution in [0.5, 0.6) is 0 Å². The zero-order chi connectivity index (χ0) is 29.3. The van der Waals surface area contributed by atoms with Crippen molar-refractivity contribution in [1.82, 2.24) is 10.2 Å². The van der Waals surface area contributed by atoms with E-state index in [4.69, 9.17) is 4.42 Å². The normalized spacial score (nSPS) is 17.6. The number of rotatable bonds is 5. The van der Waals surface area contributed by atoms with E-state index in [9.17, 15) is 18.8 Å². The van der Waals surface area contributed by atoms with Crippen LogP contribution < -0.4 is 15.2 Å². The molecule has 2 aliphatic heterocycles. The number of hydrogen-bond donors (Lipinski definition) is 0. The van der Waals surface area contributed by atoms with E-state index in [2.05, 4.69) is 24.0 Å². The lowest BCUT2D eigenvalue weighted by Gasteiger charge is -2.32. The summed E-state index contributed by atoms with van der Waals surface area (Å²) in [6.45, 7) is 6.07. The number of carbonyl (C=O) groups excluding carboxylic acids is 2. The third-order valence-electron chi connectivity index (χ3n) is 7.76. The fourth-order valence-electron chi connectivity index (χ4n) is 5.97. The average molecular weight is 581 g/mol. The Morgan fingerprint density at radius 2 is 1.76 bits per heavy atom. The summed E-state index contributed by atoms with van der Waals surface area (Å²) in [6, 6.07) is 18.1. The molecule has 3 aromatic carbocycles. The summed E-state index contributed by atoms with van der Waals surface area (Å²) in [7, 11) is 0. The second-order valence-corrected chi connectivity index (χ2v) is 12.1.